The summed E-state index contributed by atoms with van der Waals surface area (Å²) in [6.45, 7) is 5.46. The van der Waals surface area contributed by atoms with E-state index in [-0.39, 0.29) is 24.1 Å². The smallest absolute Gasteiger partial charge is 0.312 e. The van der Waals surface area contributed by atoms with Crippen LogP contribution >= 0.6 is 11.8 Å². The number of hydrogen-bond acceptors (Lipinski definition) is 4. The molecule has 3 atom stereocenters. The molecule has 1 aliphatic heterocycles. The lowest BCUT2D eigenvalue weighted by atomic mass is 9.69. The molecular weight excluding hydrogens is 356 g/mol. The number of carbonyl (C=O) groups is 1. The number of halogens is 2. The standard InChI is InChI=1S/C20H25F2NO2S/c1-19(2,3)25-18(24)11-17-23-20(15-6-4-5-7-16(15)22)9-8-14(21)10-13(20)12-26-17/h4-7,13-14H,8-12H2,1-3H3/t13-,14-,20-/m0/s1. The molecule has 0 aromatic heterocycles. The summed E-state index contributed by atoms with van der Waals surface area (Å²) in [5.74, 6) is -0.0983. The summed E-state index contributed by atoms with van der Waals surface area (Å²) in [6.07, 6.45) is 0.397. The highest BCUT2D eigenvalue weighted by Gasteiger charge is 2.48. The predicted octanol–water partition coefficient (Wildman–Crippen LogP) is 5.04. The van der Waals surface area contributed by atoms with E-state index < -0.39 is 17.3 Å². The summed E-state index contributed by atoms with van der Waals surface area (Å²) < 4.78 is 34.0. The van der Waals surface area contributed by atoms with Crippen molar-refractivity contribution in [2.75, 3.05) is 5.75 Å². The molecule has 1 saturated carbocycles. The molecule has 0 radical (unpaired) electrons. The lowest BCUT2D eigenvalue weighted by Gasteiger charge is -2.45. The van der Waals surface area contributed by atoms with Gasteiger partial charge in [-0.1, -0.05) is 18.2 Å². The van der Waals surface area contributed by atoms with Crippen LogP contribution in [0.4, 0.5) is 8.78 Å². The van der Waals surface area contributed by atoms with E-state index >= 15 is 0 Å². The van der Waals surface area contributed by atoms with Gasteiger partial charge < -0.3 is 4.74 Å². The molecule has 1 aliphatic carbocycles. The van der Waals surface area contributed by atoms with Crippen molar-refractivity contribution in [2.24, 2.45) is 10.9 Å². The highest BCUT2D eigenvalue weighted by atomic mass is 32.2. The van der Waals surface area contributed by atoms with Gasteiger partial charge in [-0.15, -0.1) is 11.8 Å². The van der Waals surface area contributed by atoms with Crippen LogP contribution in [0.1, 0.15) is 52.0 Å². The Morgan fingerprint density at radius 3 is 2.81 bits per heavy atom. The number of rotatable bonds is 3. The normalized spacial score (nSPS) is 28.9. The van der Waals surface area contributed by atoms with Crippen LogP contribution in [0.5, 0.6) is 0 Å². The number of aliphatic imine (C=N–C) groups is 1. The first-order valence-electron chi connectivity index (χ1n) is 9.02. The van der Waals surface area contributed by atoms with Crippen LogP contribution in [-0.2, 0) is 15.1 Å². The Bertz CT molecular complexity index is 716. The fourth-order valence-corrected chi connectivity index (χ4v) is 5.08. The van der Waals surface area contributed by atoms with Crippen molar-refractivity contribution >= 4 is 22.8 Å². The number of fused-ring (bicyclic) bond motifs is 1. The summed E-state index contributed by atoms with van der Waals surface area (Å²) >= 11 is 1.46. The fourth-order valence-electron chi connectivity index (χ4n) is 3.83. The number of esters is 1. The second-order valence-electron chi connectivity index (χ2n) is 8.05. The van der Waals surface area contributed by atoms with Gasteiger partial charge >= 0.3 is 5.97 Å². The zero-order valence-corrected chi connectivity index (χ0v) is 16.2. The van der Waals surface area contributed by atoms with Crippen LogP contribution in [0.25, 0.3) is 0 Å². The lowest BCUT2D eigenvalue weighted by Crippen LogP contribution is -2.44. The third kappa shape index (κ3) is 4.11. The Morgan fingerprint density at radius 1 is 1.38 bits per heavy atom. The molecule has 1 aromatic carbocycles. The molecule has 0 N–H and O–H groups in total. The van der Waals surface area contributed by atoms with E-state index in [0.717, 1.165) is 0 Å². The molecule has 2 aliphatic rings. The zero-order chi connectivity index (χ0) is 18.9. The van der Waals surface area contributed by atoms with Gasteiger partial charge in [0.2, 0.25) is 0 Å². The molecule has 6 heteroatoms. The minimum atomic E-state index is -0.872. The zero-order valence-electron chi connectivity index (χ0n) is 15.4. The van der Waals surface area contributed by atoms with Gasteiger partial charge in [0, 0.05) is 17.2 Å². The molecule has 0 saturated heterocycles. The maximum atomic E-state index is 14.6. The second-order valence-corrected chi connectivity index (χ2v) is 9.15. The van der Waals surface area contributed by atoms with Gasteiger partial charge in [-0.05, 0) is 46.1 Å². The summed E-state index contributed by atoms with van der Waals surface area (Å²) in [5.41, 5.74) is -0.829. The molecule has 1 fully saturated rings. The third-order valence-electron chi connectivity index (χ3n) is 4.89. The number of carbonyl (C=O) groups excluding carboxylic acids is 1. The van der Waals surface area contributed by atoms with Gasteiger partial charge in [-0.25, -0.2) is 8.78 Å². The first-order chi connectivity index (χ1) is 12.2. The Labute approximate surface area is 157 Å². The van der Waals surface area contributed by atoms with Crippen LogP contribution in [-0.4, -0.2) is 28.5 Å². The molecule has 0 spiro atoms. The average molecular weight is 381 g/mol. The molecule has 1 heterocycles. The van der Waals surface area contributed by atoms with E-state index in [1.807, 2.05) is 20.8 Å². The lowest BCUT2D eigenvalue weighted by molar-refractivity contribution is -0.153. The van der Waals surface area contributed by atoms with E-state index in [0.29, 0.717) is 35.6 Å². The summed E-state index contributed by atoms with van der Waals surface area (Å²) in [4.78, 5) is 17.0. The Balaban J connectivity index is 1.93. The largest absolute Gasteiger partial charge is 0.460 e. The number of thioether (sulfide) groups is 1. The number of alkyl halides is 1. The minimum Gasteiger partial charge on any atom is -0.460 e. The first-order valence-corrected chi connectivity index (χ1v) is 10.0. The summed E-state index contributed by atoms with van der Waals surface area (Å²) in [5, 5.41) is 0.649. The molecule has 142 valence electrons. The topological polar surface area (TPSA) is 38.7 Å². The van der Waals surface area contributed by atoms with Crippen molar-refractivity contribution in [3.05, 3.63) is 35.6 Å². The van der Waals surface area contributed by atoms with Crippen LogP contribution in [0.3, 0.4) is 0 Å². The van der Waals surface area contributed by atoms with Gasteiger partial charge in [0.15, 0.2) is 0 Å². The van der Waals surface area contributed by atoms with E-state index in [9.17, 15) is 13.6 Å². The molecule has 0 bridgehead atoms. The number of benzene rings is 1. The maximum Gasteiger partial charge on any atom is 0.312 e. The molecule has 3 rings (SSSR count). The highest BCUT2D eigenvalue weighted by Crippen LogP contribution is 2.50. The van der Waals surface area contributed by atoms with Gasteiger partial charge in [-0.3, -0.25) is 9.79 Å². The first kappa shape index (κ1) is 19.3. The molecule has 0 amide bonds. The van der Waals surface area contributed by atoms with Crippen molar-refractivity contribution in [3.8, 4) is 0 Å². The Morgan fingerprint density at radius 2 is 2.12 bits per heavy atom. The van der Waals surface area contributed by atoms with E-state index in [1.165, 1.54) is 17.8 Å². The monoisotopic (exact) mass is 381 g/mol. The van der Waals surface area contributed by atoms with E-state index in [2.05, 4.69) is 0 Å². The fraction of sp³-hybridized carbons (Fsp3) is 0.600. The highest BCUT2D eigenvalue weighted by molar-refractivity contribution is 8.14. The summed E-state index contributed by atoms with van der Waals surface area (Å²) in [7, 11) is 0. The average Bonchev–Trinajstić information content (AvgIpc) is 2.53. The number of ether oxygens (including phenoxy) is 1. The van der Waals surface area contributed by atoms with Crippen molar-refractivity contribution in [1.82, 2.24) is 0 Å². The molecule has 0 unspecified atom stereocenters. The van der Waals surface area contributed by atoms with Crippen LogP contribution < -0.4 is 0 Å². The SMILES string of the molecule is CC(C)(C)OC(=O)CC1=N[C@@]2(c3ccccc3F)CC[C@H](F)C[C@H]2CS1. The molecule has 3 nitrogen and oxygen atoms in total. The summed E-state index contributed by atoms with van der Waals surface area (Å²) in [6, 6.07) is 6.60. The van der Waals surface area contributed by atoms with E-state index in [1.54, 1.807) is 18.2 Å². The van der Waals surface area contributed by atoms with Crippen LogP contribution in [0.15, 0.2) is 29.3 Å². The van der Waals surface area contributed by atoms with Crippen LogP contribution in [0, 0.1) is 11.7 Å². The molecular formula is C20H25F2NO2S. The van der Waals surface area contributed by atoms with Gasteiger partial charge in [0.25, 0.3) is 0 Å². The van der Waals surface area contributed by atoms with Crippen molar-refractivity contribution in [1.29, 1.82) is 0 Å². The van der Waals surface area contributed by atoms with Gasteiger partial charge in [0.05, 0.1) is 17.0 Å². The van der Waals surface area contributed by atoms with Crippen molar-refractivity contribution in [2.45, 2.75) is 63.8 Å². The Kier molecular flexibility index (Phi) is 5.42. The van der Waals surface area contributed by atoms with Crippen LogP contribution in [0.2, 0.25) is 0 Å². The second kappa shape index (κ2) is 7.29. The van der Waals surface area contributed by atoms with Gasteiger partial charge in [-0.2, -0.15) is 0 Å². The quantitative estimate of drug-likeness (QED) is 0.689. The Hall–Kier alpha value is -1.43. The van der Waals surface area contributed by atoms with E-state index in [4.69, 9.17) is 9.73 Å². The van der Waals surface area contributed by atoms with Gasteiger partial charge in [0.1, 0.15) is 17.6 Å². The van der Waals surface area contributed by atoms with Crippen molar-refractivity contribution in [3.63, 3.8) is 0 Å². The van der Waals surface area contributed by atoms with Crippen molar-refractivity contribution < 1.29 is 18.3 Å². The molecule has 1 aromatic rings. The predicted molar refractivity (Wildman–Crippen MR) is 101 cm³/mol. The minimum absolute atomic E-state index is 0.0733. The maximum absolute atomic E-state index is 14.6. The molecule has 26 heavy (non-hydrogen) atoms. The number of hydrogen-bond donors (Lipinski definition) is 0. The third-order valence-corrected chi connectivity index (χ3v) is 6.02. The number of nitrogens with zero attached hydrogens (tertiary/aromatic N) is 1.